The second-order valence-electron chi connectivity index (χ2n) is 7.79. The normalized spacial score (nSPS) is 23.6. The Morgan fingerprint density at radius 3 is 2.96 bits per heavy atom. The summed E-state index contributed by atoms with van der Waals surface area (Å²) in [7, 11) is 0. The molecule has 27 heavy (non-hydrogen) atoms. The zero-order chi connectivity index (χ0) is 18.3. The lowest BCUT2D eigenvalue weighted by atomic mass is 9.81. The maximum Gasteiger partial charge on any atom is 0.276 e. The predicted molar refractivity (Wildman–Crippen MR) is 95.1 cm³/mol. The zero-order valence-electron chi connectivity index (χ0n) is 15.2. The number of rotatable bonds is 6. The molecule has 0 radical (unpaired) electrons. The molecule has 2 saturated heterocycles. The largest absolute Gasteiger partial charge is 0.375 e. The van der Waals surface area contributed by atoms with E-state index in [9.17, 15) is 4.79 Å². The van der Waals surface area contributed by atoms with Crippen molar-refractivity contribution in [2.24, 2.45) is 5.92 Å². The third-order valence-corrected chi connectivity index (χ3v) is 5.83. The minimum Gasteiger partial charge on any atom is -0.375 e. The van der Waals surface area contributed by atoms with Gasteiger partial charge in [-0.15, -0.1) is 0 Å². The smallest absolute Gasteiger partial charge is 0.276 e. The summed E-state index contributed by atoms with van der Waals surface area (Å²) in [6.45, 7) is 3.02. The highest BCUT2D eigenvalue weighted by molar-refractivity contribution is 5.93. The average Bonchev–Trinajstić information content (AvgIpc) is 3.24. The summed E-state index contributed by atoms with van der Waals surface area (Å²) in [5.41, 5.74) is 1.06. The summed E-state index contributed by atoms with van der Waals surface area (Å²) in [5.74, 6) is 1.52. The van der Waals surface area contributed by atoms with E-state index in [1.165, 1.54) is 0 Å². The van der Waals surface area contributed by atoms with Gasteiger partial charge in [-0.2, -0.15) is 0 Å². The molecule has 0 bridgehead atoms. The van der Waals surface area contributed by atoms with Crippen LogP contribution in [0.4, 0.5) is 0 Å². The lowest BCUT2D eigenvalue weighted by Gasteiger charge is -2.49. The molecule has 1 spiro atoms. The maximum absolute atomic E-state index is 12.6. The van der Waals surface area contributed by atoms with Crippen molar-refractivity contribution in [2.75, 3.05) is 26.3 Å². The highest BCUT2D eigenvalue weighted by atomic mass is 16.5. The van der Waals surface area contributed by atoms with E-state index in [1.807, 2.05) is 18.2 Å². The second-order valence-corrected chi connectivity index (χ2v) is 7.79. The molecule has 2 aromatic rings. The van der Waals surface area contributed by atoms with Gasteiger partial charge in [0.05, 0.1) is 32.0 Å². The minimum absolute atomic E-state index is 0.0695. The van der Waals surface area contributed by atoms with Crippen LogP contribution in [0.3, 0.4) is 0 Å². The summed E-state index contributed by atoms with van der Waals surface area (Å²) < 4.78 is 17.2. The Bertz CT molecular complexity index is 812. The van der Waals surface area contributed by atoms with Crippen LogP contribution in [0.15, 0.2) is 35.0 Å². The van der Waals surface area contributed by atoms with Crippen LogP contribution >= 0.6 is 0 Å². The SMILES string of the molecule is O=C(c1cc(C2CC2)on1)N1CC2(C1)OCCC2COCc1ccccn1. The molecule has 1 aliphatic carbocycles. The Morgan fingerprint density at radius 1 is 1.30 bits per heavy atom. The maximum atomic E-state index is 12.6. The van der Waals surface area contributed by atoms with Gasteiger partial charge in [-0.05, 0) is 31.4 Å². The van der Waals surface area contributed by atoms with Crippen LogP contribution in [-0.4, -0.2) is 52.9 Å². The van der Waals surface area contributed by atoms with Crippen LogP contribution in [0.25, 0.3) is 0 Å². The molecule has 1 amide bonds. The van der Waals surface area contributed by atoms with Gasteiger partial charge in [-0.3, -0.25) is 9.78 Å². The van der Waals surface area contributed by atoms with Crippen molar-refractivity contribution in [3.8, 4) is 0 Å². The molecule has 1 unspecified atom stereocenters. The number of hydrogen-bond donors (Lipinski definition) is 0. The molecule has 1 atom stereocenters. The Morgan fingerprint density at radius 2 is 2.19 bits per heavy atom. The third-order valence-electron chi connectivity index (χ3n) is 5.83. The van der Waals surface area contributed by atoms with E-state index in [-0.39, 0.29) is 11.5 Å². The standard InChI is InChI=1S/C20H23N3O4/c24-19(17-9-18(27-22-17)14-4-5-14)23-12-20(13-23)15(6-8-26-20)10-25-11-16-3-1-2-7-21-16/h1-3,7,9,14-15H,4-6,8,10-13H2. The van der Waals surface area contributed by atoms with Crippen molar-refractivity contribution in [3.63, 3.8) is 0 Å². The van der Waals surface area contributed by atoms with Crippen LogP contribution in [-0.2, 0) is 16.1 Å². The molecular weight excluding hydrogens is 346 g/mol. The van der Waals surface area contributed by atoms with Gasteiger partial charge in [-0.1, -0.05) is 11.2 Å². The van der Waals surface area contributed by atoms with Crippen LogP contribution in [0.5, 0.6) is 0 Å². The average molecular weight is 369 g/mol. The Balaban J connectivity index is 1.15. The molecule has 142 valence electrons. The molecule has 3 aliphatic rings. The highest BCUT2D eigenvalue weighted by Crippen LogP contribution is 2.42. The summed E-state index contributed by atoms with van der Waals surface area (Å²) >= 11 is 0. The number of carbonyl (C=O) groups excluding carboxylic acids is 1. The number of hydrogen-bond acceptors (Lipinski definition) is 6. The topological polar surface area (TPSA) is 77.7 Å². The van der Waals surface area contributed by atoms with E-state index in [0.717, 1.165) is 37.3 Å². The molecule has 1 saturated carbocycles. The fourth-order valence-corrected chi connectivity index (χ4v) is 4.02. The number of amides is 1. The molecule has 2 aliphatic heterocycles. The van der Waals surface area contributed by atoms with Crippen LogP contribution < -0.4 is 0 Å². The van der Waals surface area contributed by atoms with Gasteiger partial charge in [0.2, 0.25) is 0 Å². The summed E-state index contributed by atoms with van der Waals surface area (Å²) in [4.78, 5) is 18.7. The van der Waals surface area contributed by atoms with Crippen LogP contribution in [0, 0.1) is 5.92 Å². The molecule has 0 N–H and O–H groups in total. The number of ether oxygens (including phenoxy) is 2. The molecule has 3 fully saturated rings. The highest BCUT2D eigenvalue weighted by Gasteiger charge is 2.54. The first-order valence-corrected chi connectivity index (χ1v) is 9.61. The summed E-state index contributed by atoms with van der Waals surface area (Å²) in [6, 6.07) is 7.61. The fraction of sp³-hybridized carbons (Fsp3) is 0.550. The van der Waals surface area contributed by atoms with E-state index in [2.05, 4.69) is 10.1 Å². The summed E-state index contributed by atoms with van der Waals surface area (Å²) in [6.07, 6.45) is 4.99. The third kappa shape index (κ3) is 3.26. The summed E-state index contributed by atoms with van der Waals surface area (Å²) in [5, 5.41) is 3.96. The van der Waals surface area contributed by atoms with Crippen molar-refractivity contribution >= 4 is 5.91 Å². The van der Waals surface area contributed by atoms with Crippen molar-refractivity contribution in [3.05, 3.63) is 47.6 Å². The van der Waals surface area contributed by atoms with Crippen molar-refractivity contribution in [2.45, 2.75) is 37.4 Å². The fourth-order valence-electron chi connectivity index (χ4n) is 4.02. The number of pyridine rings is 1. The first kappa shape index (κ1) is 16.9. The first-order chi connectivity index (χ1) is 13.2. The van der Waals surface area contributed by atoms with Crippen molar-refractivity contribution in [1.82, 2.24) is 15.0 Å². The van der Waals surface area contributed by atoms with E-state index < -0.39 is 0 Å². The van der Waals surface area contributed by atoms with E-state index in [1.54, 1.807) is 17.2 Å². The van der Waals surface area contributed by atoms with Gasteiger partial charge in [-0.25, -0.2) is 0 Å². The van der Waals surface area contributed by atoms with E-state index in [4.69, 9.17) is 14.0 Å². The Labute approximate surface area is 157 Å². The molecule has 0 aromatic carbocycles. The van der Waals surface area contributed by atoms with Gasteiger partial charge in [0.15, 0.2) is 5.69 Å². The van der Waals surface area contributed by atoms with Gasteiger partial charge in [0, 0.05) is 30.7 Å². The molecule has 7 heteroatoms. The Kier molecular flexibility index (Phi) is 4.21. The number of carbonyl (C=O) groups is 1. The van der Waals surface area contributed by atoms with Gasteiger partial charge < -0.3 is 18.9 Å². The quantitative estimate of drug-likeness (QED) is 0.778. The van der Waals surface area contributed by atoms with Crippen LogP contribution in [0.1, 0.15) is 47.1 Å². The molecule has 4 heterocycles. The first-order valence-electron chi connectivity index (χ1n) is 9.61. The van der Waals surface area contributed by atoms with Crippen molar-refractivity contribution < 1.29 is 18.8 Å². The van der Waals surface area contributed by atoms with Crippen molar-refractivity contribution in [1.29, 1.82) is 0 Å². The van der Waals surface area contributed by atoms with Crippen LogP contribution in [0.2, 0.25) is 0 Å². The van der Waals surface area contributed by atoms with E-state index >= 15 is 0 Å². The zero-order valence-corrected chi connectivity index (χ0v) is 15.2. The lowest BCUT2D eigenvalue weighted by Crippen LogP contribution is -2.66. The Hall–Kier alpha value is -2.25. The minimum atomic E-state index is -0.275. The van der Waals surface area contributed by atoms with Gasteiger partial charge >= 0.3 is 0 Å². The number of nitrogens with zero attached hydrogens (tertiary/aromatic N) is 3. The van der Waals surface area contributed by atoms with Gasteiger partial charge in [0.1, 0.15) is 11.4 Å². The number of likely N-dealkylation sites (tertiary alicyclic amines) is 1. The molecule has 2 aromatic heterocycles. The molecule has 7 nitrogen and oxygen atoms in total. The molecular formula is C20H23N3O4. The van der Waals surface area contributed by atoms with Gasteiger partial charge in [0.25, 0.3) is 5.91 Å². The second kappa shape index (κ2) is 6.73. The van der Waals surface area contributed by atoms with E-state index in [0.29, 0.717) is 43.8 Å². The number of aromatic nitrogens is 2. The monoisotopic (exact) mass is 369 g/mol. The lowest BCUT2D eigenvalue weighted by molar-refractivity contribution is -0.129. The molecule has 5 rings (SSSR count). The predicted octanol–water partition coefficient (Wildman–Crippen LogP) is 2.39.